The van der Waals surface area contributed by atoms with E-state index in [1.807, 2.05) is 0 Å². The van der Waals surface area contributed by atoms with Crippen LogP contribution in [0.3, 0.4) is 0 Å². The summed E-state index contributed by atoms with van der Waals surface area (Å²) in [6.45, 7) is 0. The largest absolute Gasteiger partial charge is 0.508 e. The van der Waals surface area contributed by atoms with Gasteiger partial charge in [0.2, 0.25) is 5.76 Å². The Morgan fingerprint density at radius 2 is 1.32 bits per heavy atom. The summed E-state index contributed by atoms with van der Waals surface area (Å²) in [5.74, 6) is -1.13. The zero-order valence-corrected chi connectivity index (χ0v) is 11.4. The van der Waals surface area contributed by atoms with Crippen molar-refractivity contribution in [3.05, 3.63) is 60.6 Å². The maximum Gasteiger partial charge on any atom is 0.372 e. The number of benzene rings is 2. The van der Waals surface area contributed by atoms with Crippen LogP contribution in [0, 0.1) is 0 Å². The summed E-state index contributed by atoms with van der Waals surface area (Å²) in [6.07, 6.45) is 1.37. The Balaban J connectivity index is 2.21. The van der Waals surface area contributed by atoms with Crippen molar-refractivity contribution in [2.24, 2.45) is 0 Å². The van der Waals surface area contributed by atoms with Crippen LogP contribution in [0.5, 0.6) is 11.5 Å². The van der Waals surface area contributed by atoms with Gasteiger partial charge in [-0.3, -0.25) is 0 Å². The molecule has 2 aromatic carbocycles. The van der Waals surface area contributed by atoms with E-state index in [0.717, 1.165) is 5.56 Å². The molecule has 0 bridgehead atoms. The molecule has 0 aliphatic rings. The molecule has 0 radical (unpaired) electrons. The first kappa shape index (κ1) is 13.8. The highest BCUT2D eigenvalue weighted by molar-refractivity contribution is 5.99. The molecule has 3 rings (SSSR count). The predicted molar refractivity (Wildman–Crippen MR) is 79.9 cm³/mol. The fourth-order valence-corrected chi connectivity index (χ4v) is 2.28. The minimum Gasteiger partial charge on any atom is -0.508 e. The van der Waals surface area contributed by atoms with Crippen LogP contribution in [0.2, 0.25) is 0 Å². The number of aromatic hydroxyl groups is 2. The molecule has 0 aliphatic heterocycles. The molecule has 5 heteroatoms. The van der Waals surface area contributed by atoms with Crippen LogP contribution in [0.15, 0.2) is 59.2 Å². The standard InChI is InChI=1S/C17H12O5/c18-12-5-1-10(2-6-12)14-9-22-16(17(20)21)15(14)11-3-7-13(19)8-4-11/h1-9,18-19H,(H,20,21). The van der Waals surface area contributed by atoms with Crippen molar-refractivity contribution in [1.29, 1.82) is 0 Å². The lowest BCUT2D eigenvalue weighted by atomic mass is 9.96. The van der Waals surface area contributed by atoms with Crippen LogP contribution in [-0.4, -0.2) is 21.3 Å². The zero-order valence-electron chi connectivity index (χ0n) is 11.4. The summed E-state index contributed by atoms with van der Waals surface area (Å²) in [5, 5.41) is 28.1. The summed E-state index contributed by atoms with van der Waals surface area (Å²) >= 11 is 0. The topological polar surface area (TPSA) is 90.9 Å². The number of phenols is 2. The average molecular weight is 296 g/mol. The van der Waals surface area contributed by atoms with Crippen LogP contribution in [0.4, 0.5) is 0 Å². The van der Waals surface area contributed by atoms with Crippen molar-refractivity contribution in [3.8, 4) is 33.8 Å². The van der Waals surface area contributed by atoms with Crippen LogP contribution < -0.4 is 0 Å². The van der Waals surface area contributed by atoms with Gasteiger partial charge in [0.25, 0.3) is 0 Å². The number of carbonyl (C=O) groups is 1. The van der Waals surface area contributed by atoms with E-state index in [4.69, 9.17) is 4.42 Å². The molecule has 22 heavy (non-hydrogen) atoms. The van der Waals surface area contributed by atoms with Crippen molar-refractivity contribution in [1.82, 2.24) is 0 Å². The number of hydrogen-bond acceptors (Lipinski definition) is 4. The van der Waals surface area contributed by atoms with E-state index in [-0.39, 0.29) is 17.3 Å². The Morgan fingerprint density at radius 3 is 1.82 bits per heavy atom. The number of furan rings is 1. The van der Waals surface area contributed by atoms with Gasteiger partial charge in [0, 0.05) is 11.1 Å². The second-order valence-electron chi connectivity index (χ2n) is 4.75. The molecule has 1 heterocycles. The third-order valence-corrected chi connectivity index (χ3v) is 3.32. The van der Waals surface area contributed by atoms with Gasteiger partial charge in [0.15, 0.2) is 0 Å². The molecular weight excluding hydrogens is 284 g/mol. The van der Waals surface area contributed by atoms with Crippen molar-refractivity contribution in [3.63, 3.8) is 0 Å². The Hall–Kier alpha value is -3.21. The molecule has 0 aliphatic carbocycles. The Morgan fingerprint density at radius 1 is 0.818 bits per heavy atom. The molecular formula is C17H12O5. The SMILES string of the molecule is O=C(O)c1occ(-c2ccc(O)cc2)c1-c1ccc(O)cc1. The third-order valence-electron chi connectivity index (χ3n) is 3.32. The van der Waals surface area contributed by atoms with Crippen LogP contribution in [-0.2, 0) is 0 Å². The summed E-state index contributed by atoms with van der Waals surface area (Å²) in [5.41, 5.74) is 2.37. The number of phenolic OH excluding ortho intramolecular Hbond substituents is 2. The van der Waals surface area contributed by atoms with Gasteiger partial charge in [-0.25, -0.2) is 4.79 Å². The lowest BCUT2D eigenvalue weighted by molar-refractivity contribution is 0.0663. The highest BCUT2D eigenvalue weighted by atomic mass is 16.4. The van der Waals surface area contributed by atoms with Gasteiger partial charge in [0.05, 0.1) is 0 Å². The number of carboxylic acids is 1. The molecule has 1 aromatic heterocycles. The first-order chi connectivity index (χ1) is 10.6. The van der Waals surface area contributed by atoms with E-state index in [1.54, 1.807) is 24.3 Å². The summed E-state index contributed by atoms with van der Waals surface area (Å²) < 4.78 is 5.20. The second-order valence-corrected chi connectivity index (χ2v) is 4.75. The first-order valence-corrected chi connectivity index (χ1v) is 6.50. The molecule has 0 atom stereocenters. The molecule has 3 N–H and O–H groups in total. The highest BCUT2D eigenvalue weighted by Gasteiger charge is 2.22. The molecule has 3 aromatic rings. The molecule has 110 valence electrons. The smallest absolute Gasteiger partial charge is 0.372 e. The molecule has 0 fully saturated rings. The third kappa shape index (κ3) is 2.40. The molecule has 0 unspecified atom stereocenters. The van der Waals surface area contributed by atoms with E-state index in [1.165, 1.54) is 30.5 Å². The Kier molecular flexibility index (Phi) is 3.31. The van der Waals surface area contributed by atoms with E-state index in [2.05, 4.69) is 0 Å². The van der Waals surface area contributed by atoms with Crippen LogP contribution in [0.25, 0.3) is 22.3 Å². The van der Waals surface area contributed by atoms with Gasteiger partial charge in [-0.15, -0.1) is 0 Å². The fraction of sp³-hybridized carbons (Fsp3) is 0. The van der Waals surface area contributed by atoms with Gasteiger partial charge in [-0.2, -0.15) is 0 Å². The number of carboxylic acid groups (broad SMARTS) is 1. The number of hydrogen-bond donors (Lipinski definition) is 3. The van der Waals surface area contributed by atoms with Gasteiger partial charge in [-0.1, -0.05) is 24.3 Å². The van der Waals surface area contributed by atoms with Crippen molar-refractivity contribution in [2.45, 2.75) is 0 Å². The molecule has 0 saturated carbocycles. The van der Waals surface area contributed by atoms with Gasteiger partial charge in [-0.05, 0) is 35.4 Å². The lowest BCUT2D eigenvalue weighted by Crippen LogP contribution is -1.96. The van der Waals surface area contributed by atoms with E-state index in [9.17, 15) is 20.1 Å². The normalized spacial score (nSPS) is 10.5. The molecule has 0 saturated heterocycles. The maximum absolute atomic E-state index is 11.4. The quantitative estimate of drug-likeness (QED) is 0.685. The average Bonchev–Trinajstić information content (AvgIpc) is 2.94. The lowest BCUT2D eigenvalue weighted by Gasteiger charge is -2.05. The van der Waals surface area contributed by atoms with Crippen molar-refractivity contribution >= 4 is 5.97 Å². The monoisotopic (exact) mass is 296 g/mol. The van der Waals surface area contributed by atoms with Crippen molar-refractivity contribution < 1.29 is 24.5 Å². The Bertz CT molecular complexity index is 813. The van der Waals surface area contributed by atoms with E-state index in [0.29, 0.717) is 16.7 Å². The maximum atomic E-state index is 11.4. The summed E-state index contributed by atoms with van der Waals surface area (Å²) in [6, 6.07) is 12.6. The first-order valence-electron chi connectivity index (χ1n) is 6.50. The van der Waals surface area contributed by atoms with Crippen LogP contribution in [0.1, 0.15) is 10.6 Å². The van der Waals surface area contributed by atoms with Gasteiger partial charge >= 0.3 is 5.97 Å². The highest BCUT2D eigenvalue weighted by Crippen LogP contribution is 2.37. The second kappa shape index (κ2) is 5.29. The number of rotatable bonds is 3. The fourth-order valence-electron chi connectivity index (χ4n) is 2.28. The Labute approximate surface area is 125 Å². The van der Waals surface area contributed by atoms with E-state index >= 15 is 0 Å². The zero-order chi connectivity index (χ0) is 15.7. The van der Waals surface area contributed by atoms with Gasteiger partial charge < -0.3 is 19.7 Å². The molecule has 0 amide bonds. The van der Waals surface area contributed by atoms with E-state index < -0.39 is 5.97 Å². The summed E-state index contributed by atoms with van der Waals surface area (Å²) in [7, 11) is 0. The predicted octanol–water partition coefficient (Wildman–Crippen LogP) is 3.72. The van der Waals surface area contributed by atoms with Gasteiger partial charge in [0.1, 0.15) is 17.8 Å². The summed E-state index contributed by atoms with van der Waals surface area (Å²) in [4.78, 5) is 11.4. The number of aromatic carboxylic acids is 1. The molecule has 0 spiro atoms. The minimum atomic E-state index is -1.17. The van der Waals surface area contributed by atoms with Crippen molar-refractivity contribution in [2.75, 3.05) is 0 Å². The minimum absolute atomic E-state index is 0.0929. The van der Waals surface area contributed by atoms with Crippen LogP contribution >= 0.6 is 0 Å². The molecule has 5 nitrogen and oxygen atoms in total.